The first kappa shape index (κ1) is 38.0. The number of nitrogens with two attached hydrogens (primary N) is 1. The van der Waals surface area contributed by atoms with E-state index >= 15 is 0 Å². The molecule has 2 atom stereocenters. The largest absolute Gasteiger partial charge is 0.333 e. The summed E-state index contributed by atoms with van der Waals surface area (Å²) in [4.78, 5) is 0. The van der Waals surface area contributed by atoms with Gasteiger partial charge in [0.05, 0.1) is 23.2 Å². The van der Waals surface area contributed by atoms with E-state index < -0.39 is 0 Å². The highest BCUT2D eigenvalue weighted by Crippen LogP contribution is 2.42. The lowest BCUT2D eigenvalue weighted by molar-refractivity contribution is 0.547. The Hall–Kier alpha value is -6.94. The van der Waals surface area contributed by atoms with Gasteiger partial charge in [-0.15, -0.1) is 0 Å². The monoisotopic (exact) mass is 801 g/mol. The van der Waals surface area contributed by atoms with Crippen molar-refractivity contribution in [3.05, 3.63) is 217 Å². The quantitative estimate of drug-likeness (QED) is 0.147. The third-order valence-electron chi connectivity index (χ3n) is 13.3. The predicted octanol–water partition coefficient (Wildman–Crippen LogP) is 15.7. The fraction of sp³-hybridized carbons (Fsp3) is 0.153. The minimum Gasteiger partial charge on any atom is -0.333 e. The molecule has 2 N–H and O–H groups in total. The van der Waals surface area contributed by atoms with Gasteiger partial charge in [-0.2, -0.15) is 0 Å². The highest BCUT2D eigenvalue weighted by Gasteiger charge is 2.22. The zero-order valence-corrected chi connectivity index (χ0v) is 35.1. The Morgan fingerprint density at radius 3 is 1.69 bits per heavy atom. The second-order valence-corrected chi connectivity index (χ2v) is 17.1. The number of benzene rings is 6. The predicted molar refractivity (Wildman–Crippen MR) is 264 cm³/mol. The molecule has 302 valence electrons. The highest BCUT2D eigenvalue weighted by molar-refractivity contribution is 6.13. The molecule has 3 aliphatic carbocycles. The van der Waals surface area contributed by atoms with E-state index in [-0.39, 0.29) is 12.2 Å². The van der Waals surface area contributed by atoms with E-state index in [4.69, 9.17) is 5.73 Å². The van der Waals surface area contributed by atoms with Crippen molar-refractivity contribution in [2.45, 2.75) is 57.2 Å². The van der Waals surface area contributed by atoms with Gasteiger partial charge in [0.1, 0.15) is 0 Å². The Morgan fingerprint density at radius 1 is 0.581 bits per heavy atom. The summed E-state index contributed by atoms with van der Waals surface area (Å²) < 4.78 is 4.95. The van der Waals surface area contributed by atoms with Gasteiger partial charge in [-0.1, -0.05) is 152 Å². The van der Waals surface area contributed by atoms with E-state index in [2.05, 4.69) is 209 Å². The van der Waals surface area contributed by atoms with Crippen molar-refractivity contribution >= 4 is 43.6 Å². The topological polar surface area (TPSA) is 35.9 Å². The van der Waals surface area contributed by atoms with E-state index in [0.29, 0.717) is 0 Å². The maximum atomic E-state index is 7.46. The number of hydrogen-bond acceptors (Lipinski definition) is 1. The normalized spacial score (nSPS) is 17.0. The first-order valence-electron chi connectivity index (χ1n) is 22.4. The molecule has 2 heterocycles. The molecule has 3 aliphatic rings. The van der Waals surface area contributed by atoms with Crippen LogP contribution in [0.15, 0.2) is 217 Å². The fourth-order valence-electron chi connectivity index (χ4n) is 10.2. The molecule has 2 aromatic heterocycles. The molecule has 0 saturated heterocycles. The van der Waals surface area contributed by atoms with Crippen LogP contribution in [0.25, 0.3) is 77.0 Å². The smallest absolute Gasteiger partial charge is 0.0861 e. The van der Waals surface area contributed by atoms with E-state index in [1.54, 1.807) is 0 Å². The Balaban J connectivity index is 1.05. The molecule has 0 aliphatic heterocycles. The van der Waals surface area contributed by atoms with Gasteiger partial charge in [0.25, 0.3) is 0 Å². The number of rotatable bonds is 10. The fourth-order valence-corrected chi connectivity index (χ4v) is 10.2. The Kier molecular flexibility index (Phi) is 10.1. The molecule has 0 amide bonds. The minimum atomic E-state index is -0.248. The van der Waals surface area contributed by atoms with Crippen molar-refractivity contribution in [3.8, 4) is 33.4 Å². The molecular weight excluding hydrogens is 751 g/mol. The van der Waals surface area contributed by atoms with Crippen LogP contribution >= 0.6 is 0 Å². The second kappa shape index (κ2) is 16.5. The van der Waals surface area contributed by atoms with Gasteiger partial charge in [0.2, 0.25) is 0 Å². The maximum Gasteiger partial charge on any atom is 0.0861 e. The summed E-state index contributed by atoms with van der Waals surface area (Å²) in [7, 11) is 0. The van der Waals surface area contributed by atoms with Gasteiger partial charge in [-0.3, -0.25) is 0 Å². The summed E-state index contributed by atoms with van der Waals surface area (Å²) >= 11 is 0. The maximum absolute atomic E-state index is 7.46. The minimum absolute atomic E-state index is 0.248. The average Bonchev–Trinajstić information content (AvgIpc) is 3.85. The van der Waals surface area contributed by atoms with Crippen LogP contribution in [-0.4, -0.2) is 9.13 Å². The molecule has 8 aromatic rings. The van der Waals surface area contributed by atoms with Gasteiger partial charge in [-0.05, 0) is 137 Å². The third kappa shape index (κ3) is 7.13. The third-order valence-corrected chi connectivity index (χ3v) is 13.3. The summed E-state index contributed by atoms with van der Waals surface area (Å²) in [6.45, 7) is 0. The van der Waals surface area contributed by atoms with Crippen LogP contribution in [0.3, 0.4) is 0 Å². The molecule has 0 radical (unpaired) electrons. The molecule has 3 heteroatoms. The molecule has 0 fully saturated rings. The van der Waals surface area contributed by atoms with Crippen molar-refractivity contribution in [1.82, 2.24) is 9.13 Å². The molecule has 0 spiro atoms. The van der Waals surface area contributed by atoms with Crippen LogP contribution in [-0.2, 0) is 0 Å². The zero-order chi connectivity index (χ0) is 41.4. The lowest BCUT2D eigenvalue weighted by Crippen LogP contribution is -2.19. The number of nitrogens with zero attached hydrogens (tertiary/aromatic N) is 2. The van der Waals surface area contributed by atoms with Crippen molar-refractivity contribution < 1.29 is 0 Å². The average molecular weight is 802 g/mol. The van der Waals surface area contributed by atoms with Crippen LogP contribution < -0.4 is 5.73 Å². The van der Waals surface area contributed by atoms with Crippen LogP contribution in [0.2, 0.25) is 0 Å². The molecule has 3 nitrogen and oxygen atoms in total. The number of allylic oxidation sites excluding steroid dienone is 13. The van der Waals surface area contributed by atoms with Gasteiger partial charge < -0.3 is 14.9 Å². The summed E-state index contributed by atoms with van der Waals surface area (Å²) in [5.74, 6) is 0. The van der Waals surface area contributed by atoms with Crippen LogP contribution in [0.4, 0.5) is 0 Å². The lowest BCUT2D eigenvalue weighted by atomic mass is 9.92. The summed E-state index contributed by atoms with van der Waals surface area (Å²) in [5, 5.41) is 5.01. The number of aromatic nitrogens is 2. The molecule has 0 bridgehead atoms. The van der Waals surface area contributed by atoms with Crippen LogP contribution in [0.5, 0.6) is 0 Å². The lowest BCUT2D eigenvalue weighted by Gasteiger charge is -2.22. The Morgan fingerprint density at radius 2 is 1.16 bits per heavy atom. The molecule has 11 rings (SSSR count). The van der Waals surface area contributed by atoms with Crippen molar-refractivity contribution in [2.75, 3.05) is 0 Å². The van der Waals surface area contributed by atoms with Crippen LogP contribution in [0, 0.1) is 0 Å². The van der Waals surface area contributed by atoms with Crippen molar-refractivity contribution in [1.29, 1.82) is 0 Å². The molecule has 6 aromatic carbocycles. The van der Waals surface area contributed by atoms with Crippen molar-refractivity contribution in [3.63, 3.8) is 0 Å². The summed E-state index contributed by atoms with van der Waals surface area (Å²) in [6.07, 6.45) is 32.0. The zero-order valence-electron chi connectivity index (χ0n) is 35.1. The van der Waals surface area contributed by atoms with E-state index in [0.717, 1.165) is 44.9 Å². The second-order valence-electron chi connectivity index (χ2n) is 17.1. The summed E-state index contributed by atoms with van der Waals surface area (Å²) in [6, 6.07) is 49.8. The first-order chi connectivity index (χ1) is 30.7. The molecular formula is C59H51N3. The molecule has 2 unspecified atom stereocenters. The molecule has 0 saturated carbocycles. The van der Waals surface area contributed by atoms with Crippen LogP contribution in [0.1, 0.15) is 57.2 Å². The van der Waals surface area contributed by atoms with Gasteiger partial charge in [-0.25, -0.2) is 0 Å². The summed E-state index contributed by atoms with van der Waals surface area (Å²) in [5.41, 5.74) is 23.8. The molecule has 62 heavy (non-hydrogen) atoms. The highest BCUT2D eigenvalue weighted by atomic mass is 15.1. The van der Waals surface area contributed by atoms with E-state index in [1.165, 1.54) is 93.7 Å². The van der Waals surface area contributed by atoms with Gasteiger partial charge in [0.15, 0.2) is 0 Å². The first-order valence-corrected chi connectivity index (χ1v) is 22.4. The van der Waals surface area contributed by atoms with Gasteiger partial charge in [0, 0.05) is 39.0 Å². The standard InChI is InChI=1S/C59H51N3/c60-59(40-49(44-22-12-4-13-23-44)27-26-41-16-6-1-7-17-41)62-57-34-29-46(43-20-10-3-11-21-43)37-53(57)54-39-48(31-35-58(54)62)47-30-33-56-52(38-47)51-36-45(42-18-8-2-9-19-42)28-32-55(51)61(56)50-24-14-5-15-25-50/h2-6,8-12,14-22,24,27-39,50,59H,1,7,13,23,25-26,40,60H2/b49-27+. The number of fused-ring (bicyclic) bond motifs is 6. The van der Waals surface area contributed by atoms with Crippen molar-refractivity contribution in [2.24, 2.45) is 5.73 Å². The van der Waals surface area contributed by atoms with E-state index in [1.807, 2.05) is 0 Å². The van der Waals surface area contributed by atoms with Gasteiger partial charge >= 0.3 is 0 Å². The Bertz CT molecular complexity index is 3210. The SMILES string of the molecule is NC(C/C(=C\CC1=CCCC=C1)C1=CC=CCC1)n1c2ccc(-c3ccccc3)cc2c2cc(-c3ccc4c(c3)c3cc(-c5ccccc5)ccc3n4C3C=CC=CC3)ccc21. The Labute approximate surface area is 364 Å². The number of hydrogen-bond donors (Lipinski definition) is 1. The van der Waals surface area contributed by atoms with E-state index in [9.17, 15) is 0 Å².